The van der Waals surface area contributed by atoms with Crippen LogP contribution in [-0.4, -0.2) is 10.0 Å². The number of rotatable bonds is 6. The predicted octanol–water partition coefficient (Wildman–Crippen LogP) is 3.14. The number of benzene rings is 2. The molecule has 0 aliphatic heterocycles. The van der Waals surface area contributed by atoms with Crippen molar-refractivity contribution in [1.29, 1.82) is 0 Å². The van der Waals surface area contributed by atoms with E-state index in [1.165, 1.54) is 12.1 Å². The Balaban J connectivity index is 1.95. The van der Waals surface area contributed by atoms with E-state index >= 15 is 0 Å². The van der Waals surface area contributed by atoms with Crippen LogP contribution in [0.3, 0.4) is 0 Å². The van der Waals surface area contributed by atoms with Gasteiger partial charge in [-0.15, -0.1) is 0 Å². The number of non-ortho nitro benzene ring substituents is 1. The fraction of sp³-hybridized carbons (Fsp3) is 0.200. The Labute approximate surface area is 130 Å². The van der Waals surface area contributed by atoms with Gasteiger partial charge in [0.05, 0.1) is 11.5 Å². The summed E-state index contributed by atoms with van der Waals surface area (Å²) in [5, 5.41) is 23.0. The minimum atomic E-state index is -0.414. The molecule has 2 aromatic carbocycles. The topological polar surface area (TPSA) is 75.4 Å². The van der Waals surface area contributed by atoms with E-state index in [9.17, 15) is 10.1 Å². The van der Waals surface area contributed by atoms with Gasteiger partial charge in [-0.25, -0.2) is 0 Å². The zero-order valence-electron chi connectivity index (χ0n) is 11.3. The fourth-order valence-corrected chi connectivity index (χ4v) is 2.48. The predicted molar refractivity (Wildman–Crippen MR) is 83.7 cm³/mol. The first-order chi connectivity index (χ1) is 10.1. The molecule has 0 aliphatic carbocycles. The van der Waals surface area contributed by atoms with E-state index in [2.05, 4.69) is 21.2 Å². The van der Waals surface area contributed by atoms with Crippen molar-refractivity contribution < 1.29 is 10.0 Å². The number of nitro benzene ring substituents is 1. The molecule has 0 unspecified atom stereocenters. The first-order valence-corrected chi connectivity index (χ1v) is 7.21. The number of nitro groups is 1. The Hall–Kier alpha value is -1.76. The molecule has 110 valence electrons. The summed E-state index contributed by atoms with van der Waals surface area (Å²) in [6.07, 6.45) is 0. The summed E-state index contributed by atoms with van der Waals surface area (Å²) in [5.41, 5.74) is 2.99. The van der Waals surface area contributed by atoms with Gasteiger partial charge in [0.15, 0.2) is 0 Å². The molecule has 0 saturated carbocycles. The smallest absolute Gasteiger partial charge is 0.270 e. The highest BCUT2D eigenvalue weighted by atomic mass is 79.9. The Kier molecular flexibility index (Phi) is 5.44. The lowest BCUT2D eigenvalue weighted by atomic mass is 10.1. The summed E-state index contributed by atoms with van der Waals surface area (Å²) in [4.78, 5) is 10.3. The normalized spacial score (nSPS) is 10.6. The number of halogens is 1. The van der Waals surface area contributed by atoms with Crippen LogP contribution in [0.4, 0.5) is 5.69 Å². The second kappa shape index (κ2) is 7.31. The monoisotopic (exact) mass is 350 g/mol. The first-order valence-electron chi connectivity index (χ1n) is 6.42. The van der Waals surface area contributed by atoms with Gasteiger partial charge in [0, 0.05) is 29.7 Å². The van der Waals surface area contributed by atoms with E-state index in [0.29, 0.717) is 17.6 Å². The molecule has 6 heteroatoms. The van der Waals surface area contributed by atoms with Gasteiger partial charge in [-0.1, -0.05) is 40.2 Å². The third-order valence-electron chi connectivity index (χ3n) is 3.07. The van der Waals surface area contributed by atoms with Crippen molar-refractivity contribution in [3.63, 3.8) is 0 Å². The molecule has 0 heterocycles. The fourth-order valence-electron chi connectivity index (χ4n) is 1.97. The van der Waals surface area contributed by atoms with Crippen molar-refractivity contribution in [1.82, 2.24) is 5.32 Å². The van der Waals surface area contributed by atoms with E-state index in [1.54, 1.807) is 6.07 Å². The molecule has 2 rings (SSSR count). The van der Waals surface area contributed by atoms with Crippen LogP contribution in [-0.2, 0) is 19.7 Å². The molecule has 0 fully saturated rings. The molecule has 0 amide bonds. The summed E-state index contributed by atoms with van der Waals surface area (Å²) in [5.74, 6) is 0. The average molecular weight is 351 g/mol. The maximum atomic E-state index is 10.7. The molecule has 2 N–H and O–H groups in total. The molecule has 0 bridgehead atoms. The van der Waals surface area contributed by atoms with E-state index in [0.717, 1.165) is 16.7 Å². The standard InChI is InChI=1S/C15H15BrN2O3/c16-15-7-14(18(20)21)5-4-13(15)9-17-8-11-2-1-3-12(6-11)10-19/h1-7,17,19H,8-10H2. The molecular formula is C15H15BrN2O3. The summed E-state index contributed by atoms with van der Waals surface area (Å²) >= 11 is 3.35. The third-order valence-corrected chi connectivity index (χ3v) is 3.80. The molecule has 0 saturated heterocycles. The lowest BCUT2D eigenvalue weighted by Gasteiger charge is -2.08. The van der Waals surface area contributed by atoms with Crippen LogP contribution in [0.2, 0.25) is 0 Å². The molecule has 0 atom stereocenters. The van der Waals surface area contributed by atoms with Crippen molar-refractivity contribution in [3.8, 4) is 0 Å². The lowest BCUT2D eigenvalue weighted by Crippen LogP contribution is -2.13. The van der Waals surface area contributed by atoms with Crippen LogP contribution in [0.25, 0.3) is 0 Å². The largest absolute Gasteiger partial charge is 0.392 e. The minimum absolute atomic E-state index is 0.0295. The molecule has 0 aromatic heterocycles. The van der Waals surface area contributed by atoms with E-state index < -0.39 is 4.92 Å². The van der Waals surface area contributed by atoms with Gasteiger partial charge in [0.25, 0.3) is 5.69 Å². The highest BCUT2D eigenvalue weighted by molar-refractivity contribution is 9.10. The molecule has 5 nitrogen and oxygen atoms in total. The SMILES string of the molecule is O=[N+]([O-])c1ccc(CNCc2cccc(CO)c2)c(Br)c1. The highest BCUT2D eigenvalue weighted by Crippen LogP contribution is 2.22. The highest BCUT2D eigenvalue weighted by Gasteiger charge is 2.08. The summed E-state index contributed by atoms with van der Waals surface area (Å²) < 4.78 is 0.716. The van der Waals surface area contributed by atoms with Gasteiger partial charge in [-0.2, -0.15) is 0 Å². The quantitative estimate of drug-likeness (QED) is 0.619. The van der Waals surface area contributed by atoms with Crippen LogP contribution in [0, 0.1) is 10.1 Å². The lowest BCUT2D eigenvalue weighted by molar-refractivity contribution is -0.384. The van der Waals surface area contributed by atoms with E-state index in [1.807, 2.05) is 24.3 Å². The van der Waals surface area contributed by atoms with E-state index in [-0.39, 0.29) is 12.3 Å². The van der Waals surface area contributed by atoms with E-state index in [4.69, 9.17) is 5.11 Å². The van der Waals surface area contributed by atoms with Gasteiger partial charge in [-0.05, 0) is 22.8 Å². The van der Waals surface area contributed by atoms with Crippen molar-refractivity contribution in [3.05, 3.63) is 73.7 Å². The van der Waals surface area contributed by atoms with Crippen molar-refractivity contribution >= 4 is 21.6 Å². The Morgan fingerprint density at radius 1 is 1.14 bits per heavy atom. The van der Waals surface area contributed by atoms with Gasteiger partial charge in [0.1, 0.15) is 0 Å². The van der Waals surface area contributed by atoms with Gasteiger partial charge >= 0.3 is 0 Å². The first kappa shape index (κ1) is 15.6. The molecule has 2 aromatic rings. The van der Waals surface area contributed by atoms with Crippen LogP contribution < -0.4 is 5.32 Å². The zero-order chi connectivity index (χ0) is 15.2. The summed E-state index contributed by atoms with van der Waals surface area (Å²) in [6.45, 7) is 1.29. The number of nitrogens with zero attached hydrogens (tertiary/aromatic N) is 1. The second-order valence-corrected chi connectivity index (χ2v) is 5.47. The van der Waals surface area contributed by atoms with Crippen LogP contribution in [0.5, 0.6) is 0 Å². The van der Waals surface area contributed by atoms with Gasteiger partial charge in [0.2, 0.25) is 0 Å². The van der Waals surface area contributed by atoms with Crippen molar-refractivity contribution in [2.75, 3.05) is 0 Å². The Morgan fingerprint density at radius 3 is 2.57 bits per heavy atom. The van der Waals surface area contributed by atoms with Crippen LogP contribution in [0.15, 0.2) is 46.9 Å². The third kappa shape index (κ3) is 4.35. The number of hydrogen-bond donors (Lipinski definition) is 2. The molecule has 0 aliphatic rings. The Bertz CT molecular complexity index is 647. The van der Waals surface area contributed by atoms with Crippen molar-refractivity contribution in [2.24, 2.45) is 0 Å². The van der Waals surface area contributed by atoms with Crippen LogP contribution in [0.1, 0.15) is 16.7 Å². The summed E-state index contributed by atoms with van der Waals surface area (Å²) in [6, 6.07) is 12.4. The maximum Gasteiger partial charge on any atom is 0.270 e. The number of hydrogen-bond acceptors (Lipinski definition) is 4. The van der Waals surface area contributed by atoms with Crippen molar-refractivity contribution in [2.45, 2.75) is 19.7 Å². The molecular weight excluding hydrogens is 336 g/mol. The molecule has 21 heavy (non-hydrogen) atoms. The number of aliphatic hydroxyl groups excluding tert-OH is 1. The zero-order valence-corrected chi connectivity index (χ0v) is 12.8. The Morgan fingerprint density at radius 2 is 1.90 bits per heavy atom. The molecule has 0 radical (unpaired) electrons. The minimum Gasteiger partial charge on any atom is -0.392 e. The number of aliphatic hydroxyl groups is 1. The average Bonchev–Trinajstić information content (AvgIpc) is 2.49. The number of nitrogens with one attached hydrogen (secondary N) is 1. The van der Waals surface area contributed by atoms with Gasteiger partial charge < -0.3 is 10.4 Å². The van der Waals surface area contributed by atoms with Crippen LogP contribution >= 0.6 is 15.9 Å². The maximum absolute atomic E-state index is 10.7. The second-order valence-electron chi connectivity index (χ2n) is 4.61. The molecule has 0 spiro atoms. The van der Waals surface area contributed by atoms with Gasteiger partial charge in [-0.3, -0.25) is 10.1 Å². The summed E-state index contributed by atoms with van der Waals surface area (Å²) in [7, 11) is 0.